The zero-order valence-electron chi connectivity index (χ0n) is 54.3. The van der Waals surface area contributed by atoms with Gasteiger partial charge < -0.3 is 14.2 Å². The molecule has 1 unspecified atom stereocenters. The van der Waals surface area contributed by atoms with Gasteiger partial charge in [-0.25, -0.2) is 0 Å². The minimum Gasteiger partial charge on any atom is -0.462 e. The highest BCUT2D eigenvalue weighted by atomic mass is 16.6. The molecule has 0 aliphatic carbocycles. The van der Waals surface area contributed by atoms with Crippen molar-refractivity contribution in [2.45, 2.75) is 386 Å². The first kappa shape index (κ1) is 78.1. The minimum atomic E-state index is -0.774. The molecule has 0 aromatic heterocycles. The maximum absolute atomic E-state index is 12.9. The van der Waals surface area contributed by atoms with Gasteiger partial charge in [0.25, 0.3) is 0 Å². The second kappa shape index (κ2) is 69.6. The van der Waals surface area contributed by atoms with Crippen molar-refractivity contribution in [1.82, 2.24) is 0 Å². The van der Waals surface area contributed by atoms with Crippen LogP contribution in [0.15, 0.2) is 60.8 Å². The van der Waals surface area contributed by atoms with Crippen molar-refractivity contribution in [3.63, 3.8) is 0 Å². The van der Waals surface area contributed by atoms with Crippen molar-refractivity contribution in [2.24, 2.45) is 0 Å². The molecule has 0 aliphatic rings. The SMILES string of the molecule is CC/C=C\C/C=C\C/C=C\C/C=C\C/C=C\CCCCCCCCCCCC(=O)OC(COC(=O)CCCCCCCCC)COC(=O)CCCCCCCCCCCCCCCCCCCCCCCCCCCCCCCCC. The molecule has 472 valence electrons. The molecule has 6 nitrogen and oxygen atoms in total. The Balaban J connectivity index is 4.02. The molecule has 0 aromatic carbocycles. The van der Waals surface area contributed by atoms with Gasteiger partial charge in [0.05, 0.1) is 0 Å². The van der Waals surface area contributed by atoms with Gasteiger partial charge in [-0.3, -0.25) is 14.4 Å². The zero-order valence-corrected chi connectivity index (χ0v) is 54.3. The summed E-state index contributed by atoms with van der Waals surface area (Å²) in [6, 6.07) is 0. The Morgan fingerprint density at radius 2 is 0.481 bits per heavy atom. The first-order valence-electron chi connectivity index (χ1n) is 35.8. The normalized spacial score (nSPS) is 12.4. The number of ether oxygens (including phenoxy) is 3. The van der Waals surface area contributed by atoms with Crippen molar-refractivity contribution in [2.75, 3.05) is 13.2 Å². The van der Waals surface area contributed by atoms with Gasteiger partial charge in [-0.05, 0) is 64.2 Å². The molecule has 0 bridgehead atoms. The Labute approximate surface area is 504 Å². The van der Waals surface area contributed by atoms with Crippen LogP contribution in [0.2, 0.25) is 0 Å². The summed E-state index contributed by atoms with van der Waals surface area (Å²) < 4.78 is 16.9. The third-order valence-corrected chi connectivity index (χ3v) is 16.0. The van der Waals surface area contributed by atoms with Gasteiger partial charge in [0.15, 0.2) is 6.10 Å². The first-order valence-corrected chi connectivity index (χ1v) is 35.8. The molecule has 1 atom stereocenters. The summed E-state index contributed by atoms with van der Waals surface area (Å²) in [5.74, 6) is -0.864. The van der Waals surface area contributed by atoms with E-state index in [1.54, 1.807) is 0 Å². The van der Waals surface area contributed by atoms with Gasteiger partial charge in [-0.1, -0.05) is 358 Å². The fraction of sp³-hybridized carbons (Fsp3) is 0.827. The van der Waals surface area contributed by atoms with Gasteiger partial charge >= 0.3 is 17.9 Å². The Hall–Kier alpha value is -2.89. The summed E-state index contributed by atoms with van der Waals surface area (Å²) >= 11 is 0. The Kier molecular flexibility index (Phi) is 67.1. The molecule has 0 saturated carbocycles. The maximum atomic E-state index is 12.9. The number of carbonyl (C=O) groups excluding carboxylic acids is 3. The summed E-state index contributed by atoms with van der Waals surface area (Å²) in [5.41, 5.74) is 0. The predicted octanol–water partition coefficient (Wildman–Crippen LogP) is 24.7. The number of allylic oxidation sites excluding steroid dienone is 10. The van der Waals surface area contributed by atoms with Crippen LogP contribution in [-0.2, 0) is 28.6 Å². The molecular formula is C75H136O6. The van der Waals surface area contributed by atoms with Crippen molar-refractivity contribution in [1.29, 1.82) is 0 Å². The summed E-state index contributed by atoms with van der Waals surface area (Å²) in [7, 11) is 0. The quantitative estimate of drug-likeness (QED) is 0.0261. The molecule has 0 saturated heterocycles. The lowest BCUT2D eigenvalue weighted by Crippen LogP contribution is -2.30. The standard InChI is InChI=1S/C75H136O6/c1-4-7-10-13-16-18-20-22-24-26-28-30-32-34-35-36-37-38-39-41-42-44-46-48-50-52-54-56-59-62-65-68-74(77)80-71-72(70-79-73(76)67-64-61-58-15-12-9-6-3)81-75(78)69-66-63-60-57-55-53-51-49-47-45-43-40-33-31-29-27-25-23-21-19-17-14-11-8-5-2/h8,11,17,19,23,25,29,31,40,43,72H,4-7,9-10,12-16,18,20-22,24,26-28,30,32-39,41-42,44-71H2,1-3H3/b11-8-,19-17-,25-23-,31-29-,43-40-. The van der Waals surface area contributed by atoms with Crippen LogP contribution in [0, 0.1) is 0 Å². The lowest BCUT2D eigenvalue weighted by molar-refractivity contribution is -0.167. The molecule has 0 N–H and O–H groups in total. The molecule has 0 rings (SSSR count). The third-order valence-electron chi connectivity index (χ3n) is 16.0. The van der Waals surface area contributed by atoms with Crippen molar-refractivity contribution >= 4 is 17.9 Å². The molecule has 0 amide bonds. The minimum absolute atomic E-state index is 0.0722. The molecule has 0 heterocycles. The molecule has 0 aromatic rings. The Bertz CT molecular complexity index is 1440. The third kappa shape index (κ3) is 67.8. The van der Waals surface area contributed by atoms with Crippen LogP contribution in [0.25, 0.3) is 0 Å². The number of carbonyl (C=O) groups is 3. The van der Waals surface area contributed by atoms with Crippen LogP contribution in [0.5, 0.6) is 0 Å². The fourth-order valence-electron chi connectivity index (χ4n) is 10.7. The van der Waals surface area contributed by atoms with E-state index in [4.69, 9.17) is 14.2 Å². The predicted molar refractivity (Wildman–Crippen MR) is 353 cm³/mol. The molecular weight excluding hydrogens is 997 g/mol. The lowest BCUT2D eigenvalue weighted by atomic mass is 10.0. The van der Waals surface area contributed by atoms with E-state index in [1.165, 1.54) is 244 Å². The summed E-state index contributed by atoms with van der Waals surface area (Å²) in [5, 5.41) is 0. The monoisotopic (exact) mass is 1130 g/mol. The van der Waals surface area contributed by atoms with Crippen molar-refractivity contribution in [3.05, 3.63) is 60.8 Å². The van der Waals surface area contributed by atoms with Crippen molar-refractivity contribution < 1.29 is 28.6 Å². The van der Waals surface area contributed by atoms with E-state index >= 15 is 0 Å². The van der Waals surface area contributed by atoms with E-state index in [2.05, 4.69) is 81.5 Å². The molecule has 0 fully saturated rings. The maximum Gasteiger partial charge on any atom is 0.306 e. The fourth-order valence-corrected chi connectivity index (χ4v) is 10.7. The van der Waals surface area contributed by atoms with Crippen LogP contribution < -0.4 is 0 Å². The van der Waals surface area contributed by atoms with Crippen LogP contribution in [-0.4, -0.2) is 37.2 Å². The summed E-state index contributed by atoms with van der Waals surface area (Å²) in [4.78, 5) is 38.2. The molecule has 0 aliphatic heterocycles. The average molecular weight is 1130 g/mol. The topological polar surface area (TPSA) is 78.9 Å². The van der Waals surface area contributed by atoms with E-state index in [0.29, 0.717) is 19.3 Å². The highest BCUT2D eigenvalue weighted by Crippen LogP contribution is 2.19. The second-order valence-corrected chi connectivity index (χ2v) is 24.1. The number of unbranched alkanes of at least 4 members (excludes halogenated alkanes) is 45. The van der Waals surface area contributed by atoms with Gasteiger partial charge in [-0.15, -0.1) is 0 Å². The zero-order chi connectivity index (χ0) is 58.5. The van der Waals surface area contributed by atoms with E-state index in [1.807, 2.05) is 0 Å². The Morgan fingerprint density at radius 3 is 0.753 bits per heavy atom. The van der Waals surface area contributed by atoms with Gasteiger partial charge in [-0.2, -0.15) is 0 Å². The Morgan fingerprint density at radius 1 is 0.259 bits per heavy atom. The number of hydrogen-bond donors (Lipinski definition) is 0. The smallest absolute Gasteiger partial charge is 0.306 e. The average Bonchev–Trinajstić information content (AvgIpc) is 3.46. The van der Waals surface area contributed by atoms with E-state index in [0.717, 1.165) is 96.3 Å². The highest BCUT2D eigenvalue weighted by molar-refractivity contribution is 5.71. The molecule has 0 radical (unpaired) electrons. The molecule has 0 spiro atoms. The largest absolute Gasteiger partial charge is 0.462 e. The van der Waals surface area contributed by atoms with Crippen LogP contribution in [0.1, 0.15) is 380 Å². The van der Waals surface area contributed by atoms with E-state index in [9.17, 15) is 14.4 Å². The van der Waals surface area contributed by atoms with Gasteiger partial charge in [0.1, 0.15) is 13.2 Å². The van der Waals surface area contributed by atoms with Crippen LogP contribution in [0.3, 0.4) is 0 Å². The van der Waals surface area contributed by atoms with Crippen molar-refractivity contribution in [3.8, 4) is 0 Å². The van der Waals surface area contributed by atoms with Gasteiger partial charge in [0.2, 0.25) is 0 Å². The second-order valence-electron chi connectivity index (χ2n) is 24.1. The number of hydrogen-bond acceptors (Lipinski definition) is 6. The van der Waals surface area contributed by atoms with E-state index in [-0.39, 0.29) is 31.1 Å². The molecule has 6 heteroatoms. The van der Waals surface area contributed by atoms with E-state index < -0.39 is 6.10 Å². The van der Waals surface area contributed by atoms with Gasteiger partial charge in [0, 0.05) is 19.3 Å². The number of rotatable bonds is 66. The highest BCUT2D eigenvalue weighted by Gasteiger charge is 2.19. The summed E-state index contributed by atoms with van der Waals surface area (Å²) in [6.07, 6.45) is 90.1. The van der Waals surface area contributed by atoms with Crippen LogP contribution in [0.4, 0.5) is 0 Å². The first-order chi connectivity index (χ1) is 40.0. The lowest BCUT2D eigenvalue weighted by Gasteiger charge is -2.18. The summed E-state index contributed by atoms with van der Waals surface area (Å²) in [6.45, 7) is 6.54. The van der Waals surface area contributed by atoms with Crippen LogP contribution >= 0.6 is 0 Å². The number of esters is 3. The molecule has 81 heavy (non-hydrogen) atoms.